The number of fused-ring (bicyclic) bond motifs is 1. The van der Waals surface area contributed by atoms with Gasteiger partial charge in [0.05, 0.1) is 12.1 Å². The van der Waals surface area contributed by atoms with Crippen molar-refractivity contribution >= 4 is 17.4 Å². The van der Waals surface area contributed by atoms with E-state index in [1.54, 1.807) is 6.07 Å². The van der Waals surface area contributed by atoms with Crippen molar-refractivity contribution in [2.24, 2.45) is 4.99 Å². The van der Waals surface area contributed by atoms with Gasteiger partial charge in [0, 0.05) is 29.8 Å². The molecule has 0 spiro atoms. The summed E-state index contributed by atoms with van der Waals surface area (Å²) in [7, 11) is 0. The zero-order valence-corrected chi connectivity index (χ0v) is 13.8. The highest BCUT2D eigenvalue weighted by molar-refractivity contribution is 6.30. The van der Waals surface area contributed by atoms with Gasteiger partial charge in [-0.2, -0.15) is 5.26 Å². The van der Waals surface area contributed by atoms with E-state index >= 15 is 0 Å². The minimum absolute atomic E-state index is 0.303. The molecule has 0 saturated carbocycles. The van der Waals surface area contributed by atoms with Crippen LogP contribution in [0.2, 0.25) is 5.02 Å². The fourth-order valence-corrected chi connectivity index (χ4v) is 2.80. The van der Waals surface area contributed by atoms with E-state index in [0.717, 1.165) is 17.0 Å². The third-order valence-corrected chi connectivity index (χ3v) is 3.95. The van der Waals surface area contributed by atoms with E-state index in [1.807, 2.05) is 29.2 Å². The molecule has 5 nitrogen and oxygen atoms in total. The van der Waals surface area contributed by atoms with Crippen LogP contribution in [0.25, 0.3) is 11.5 Å². The first-order valence-electron chi connectivity index (χ1n) is 7.40. The minimum atomic E-state index is 0.303. The van der Waals surface area contributed by atoms with Gasteiger partial charge in [0.2, 0.25) is 5.89 Å². The van der Waals surface area contributed by atoms with E-state index in [9.17, 15) is 0 Å². The summed E-state index contributed by atoms with van der Waals surface area (Å²) in [6, 6.07) is 9.43. The molecule has 3 rings (SSSR count). The van der Waals surface area contributed by atoms with Crippen LogP contribution >= 0.6 is 11.6 Å². The number of aliphatic imine (C=N–C) groups is 1. The molecule has 0 saturated heterocycles. The van der Waals surface area contributed by atoms with Crippen molar-refractivity contribution < 1.29 is 4.42 Å². The molecule has 1 aromatic heterocycles. The quantitative estimate of drug-likeness (QED) is 0.482. The van der Waals surface area contributed by atoms with Gasteiger partial charge in [-0.15, -0.1) is 0 Å². The molecule has 0 fully saturated rings. The normalized spacial score (nSPS) is 14.0. The van der Waals surface area contributed by atoms with Gasteiger partial charge in [0.15, 0.2) is 0 Å². The van der Waals surface area contributed by atoms with Crippen LogP contribution in [0.5, 0.6) is 0 Å². The maximum absolute atomic E-state index is 9.10. The number of amidine groups is 1. The third kappa shape index (κ3) is 3.10. The second-order valence-corrected chi connectivity index (χ2v) is 5.73. The molecule has 1 aromatic carbocycles. The van der Waals surface area contributed by atoms with Gasteiger partial charge in [-0.05, 0) is 18.2 Å². The predicted octanol–water partition coefficient (Wildman–Crippen LogP) is 3.97. The van der Waals surface area contributed by atoms with Crippen molar-refractivity contribution in [2.45, 2.75) is 13.0 Å². The standard InChI is InChI=1S/C18H15ClN4O/c1-3-21-17(12(2)10-20)23-8-7-16-15(11-23)22-18(24-16)13-5-4-6-14(19)9-13/h3-6,9H,1-2,7-8,11H2. The summed E-state index contributed by atoms with van der Waals surface area (Å²) in [6.45, 7) is 8.52. The highest BCUT2D eigenvalue weighted by atomic mass is 35.5. The Morgan fingerprint density at radius 2 is 2.33 bits per heavy atom. The van der Waals surface area contributed by atoms with Crippen molar-refractivity contribution in [2.75, 3.05) is 6.54 Å². The molecule has 0 atom stereocenters. The van der Waals surface area contributed by atoms with Crippen LogP contribution in [-0.2, 0) is 13.0 Å². The second kappa shape index (κ2) is 6.73. The number of hydrogen-bond donors (Lipinski definition) is 0. The smallest absolute Gasteiger partial charge is 0.226 e. The van der Waals surface area contributed by atoms with E-state index in [4.69, 9.17) is 21.3 Å². The summed E-state index contributed by atoms with van der Waals surface area (Å²) in [5.41, 5.74) is 1.97. The lowest BCUT2D eigenvalue weighted by Gasteiger charge is -2.27. The number of benzene rings is 1. The van der Waals surface area contributed by atoms with Crippen LogP contribution in [0.4, 0.5) is 0 Å². The van der Waals surface area contributed by atoms with Gasteiger partial charge in [-0.25, -0.2) is 9.98 Å². The van der Waals surface area contributed by atoms with E-state index in [2.05, 4.69) is 23.1 Å². The Kier molecular flexibility index (Phi) is 4.50. The van der Waals surface area contributed by atoms with Gasteiger partial charge in [0.1, 0.15) is 23.4 Å². The van der Waals surface area contributed by atoms with Crippen molar-refractivity contribution in [1.29, 1.82) is 5.26 Å². The van der Waals surface area contributed by atoms with Crippen molar-refractivity contribution in [3.8, 4) is 17.5 Å². The lowest BCUT2D eigenvalue weighted by Crippen LogP contribution is -2.36. The van der Waals surface area contributed by atoms with Gasteiger partial charge >= 0.3 is 0 Å². The van der Waals surface area contributed by atoms with Crippen LogP contribution < -0.4 is 0 Å². The lowest BCUT2D eigenvalue weighted by atomic mass is 10.1. The first-order chi connectivity index (χ1) is 11.6. The molecular weight excluding hydrogens is 324 g/mol. The Morgan fingerprint density at radius 1 is 1.50 bits per heavy atom. The van der Waals surface area contributed by atoms with E-state index in [1.165, 1.54) is 6.20 Å². The van der Waals surface area contributed by atoms with E-state index in [0.29, 0.717) is 41.8 Å². The van der Waals surface area contributed by atoms with E-state index < -0.39 is 0 Å². The summed E-state index contributed by atoms with van der Waals surface area (Å²) in [4.78, 5) is 10.7. The average Bonchev–Trinajstić information content (AvgIpc) is 3.02. The zero-order valence-electron chi connectivity index (χ0n) is 13.0. The highest BCUT2D eigenvalue weighted by Crippen LogP contribution is 2.28. The fraction of sp³-hybridized carbons (Fsp3) is 0.167. The molecule has 1 aliphatic heterocycles. The van der Waals surface area contributed by atoms with Crippen molar-refractivity contribution in [1.82, 2.24) is 9.88 Å². The molecule has 0 aliphatic carbocycles. The number of aromatic nitrogens is 1. The summed E-state index contributed by atoms with van der Waals surface area (Å²) in [5, 5.41) is 9.73. The summed E-state index contributed by atoms with van der Waals surface area (Å²) in [6.07, 6.45) is 2.09. The Balaban J connectivity index is 1.89. The molecule has 0 bridgehead atoms. The Labute approximate surface area is 145 Å². The Hall–Kier alpha value is -2.84. The molecule has 6 heteroatoms. The van der Waals surface area contributed by atoms with Gasteiger partial charge in [-0.3, -0.25) is 0 Å². The van der Waals surface area contributed by atoms with Gasteiger partial charge in [-0.1, -0.05) is 30.8 Å². The Morgan fingerprint density at radius 3 is 3.04 bits per heavy atom. The first-order valence-corrected chi connectivity index (χ1v) is 7.77. The van der Waals surface area contributed by atoms with Crippen LogP contribution in [0.1, 0.15) is 11.5 Å². The molecular formula is C18H15ClN4O. The van der Waals surface area contributed by atoms with Crippen LogP contribution in [0, 0.1) is 11.3 Å². The fourth-order valence-electron chi connectivity index (χ4n) is 2.61. The topological polar surface area (TPSA) is 65.4 Å². The molecule has 0 unspecified atom stereocenters. The summed E-state index contributed by atoms with van der Waals surface area (Å²) in [5.74, 6) is 1.91. The van der Waals surface area contributed by atoms with Gasteiger partial charge in [0.25, 0.3) is 0 Å². The van der Waals surface area contributed by atoms with Crippen molar-refractivity contribution in [3.63, 3.8) is 0 Å². The largest absolute Gasteiger partial charge is 0.441 e. The van der Waals surface area contributed by atoms with Gasteiger partial charge < -0.3 is 9.32 Å². The molecule has 2 heterocycles. The zero-order chi connectivity index (χ0) is 17.1. The first kappa shape index (κ1) is 16.0. The number of halogens is 1. The molecule has 120 valence electrons. The van der Waals surface area contributed by atoms with E-state index in [-0.39, 0.29) is 0 Å². The number of oxazole rings is 1. The molecule has 0 amide bonds. The van der Waals surface area contributed by atoms with Crippen LogP contribution in [-0.4, -0.2) is 22.3 Å². The molecule has 0 N–H and O–H groups in total. The highest BCUT2D eigenvalue weighted by Gasteiger charge is 2.25. The maximum Gasteiger partial charge on any atom is 0.226 e. The monoisotopic (exact) mass is 338 g/mol. The number of rotatable bonds is 3. The SMILES string of the molecule is C=CN=C(C(=C)C#N)N1CCc2oc(-c3cccc(Cl)c3)nc2C1. The second-order valence-electron chi connectivity index (χ2n) is 5.30. The number of hydrogen-bond acceptors (Lipinski definition) is 4. The van der Waals surface area contributed by atoms with Crippen LogP contribution in [0.15, 0.2) is 58.6 Å². The minimum Gasteiger partial charge on any atom is -0.441 e. The number of nitrogens with zero attached hydrogens (tertiary/aromatic N) is 4. The maximum atomic E-state index is 9.10. The molecule has 2 aromatic rings. The molecule has 24 heavy (non-hydrogen) atoms. The summed E-state index contributed by atoms with van der Waals surface area (Å²) >= 11 is 6.03. The van der Waals surface area contributed by atoms with Crippen molar-refractivity contribution in [3.05, 3.63) is 65.7 Å². The Bertz CT molecular complexity index is 875. The van der Waals surface area contributed by atoms with Crippen LogP contribution in [0.3, 0.4) is 0 Å². The summed E-state index contributed by atoms with van der Waals surface area (Å²) < 4.78 is 5.88. The molecule has 1 aliphatic rings. The lowest BCUT2D eigenvalue weighted by molar-refractivity contribution is 0.360. The third-order valence-electron chi connectivity index (χ3n) is 3.72. The molecule has 0 radical (unpaired) electrons. The number of nitriles is 1. The average molecular weight is 339 g/mol. The predicted molar refractivity (Wildman–Crippen MR) is 93.4 cm³/mol.